The van der Waals surface area contributed by atoms with Gasteiger partial charge < -0.3 is 15.0 Å². The number of amides is 2. The summed E-state index contributed by atoms with van der Waals surface area (Å²) in [6.07, 6.45) is -0.253. The number of aromatic nitrogens is 4. The lowest BCUT2D eigenvalue weighted by atomic mass is 9.93. The van der Waals surface area contributed by atoms with Gasteiger partial charge in [-0.25, -0.2) is 9.67 Å². The average Bonchev–Trinajstić information content (AvgIpc) is 3.46. The fourth-order valence-electron chi connectivity index (χ4n) is 3.50. The lowest BCUT2D eigenvalue weighted by molar-refractivity contribution is -0.141. The molecule has 0 fully saturated rings. The van der Waals surface area contributed by atoms with Gasteiger partial charge in [-0.2, -0.15) is 18.3 Å². The molecule has 11 heteroatoms. The van der Waals surface area contributed by atoms with Crippen LogP contribution in [0.3, 0.4) is 0 Å². The summed E-state index contributed by atoms with van der Waals surface area (Å²) in [5.74, 6) is -1.32. The Morgan fingerprint density at radius 2 is 1.56 bits per heavy atom. The molecule has 0 radical (unpaired) electrons. The van der Waals surface area contributed by atoms with E-state index in [0.717, 1.165) is 16.6 Å². The van der Waals surface area contributed by atoms with Gasteiger partial charge >= 0.3 is 6.18 Å². The van der Waals surface area contributed by atoms with Crippen LogP contribution in [-0.4, -0.2) is 44.1 Å². The van der Waals surface area contributed by atoms with Crippen LogP contribution >= 0.6 is 0 Å². The second-order valence-corrected chi connectivity index (χ2v) is 9.24. The highest BCUT2D eigenvalue weighted by Gasteiger charge is 2.39. The number of rotatable bonds is 6. The third-order valence-corrected chi connectivity index (χ3v) is 5.43. The third kappa shape index (κ3) is 5.40. The van der Waals surface area contributed by atoms with E-state index in [4.69, 9.17) is 0 Å². The summed E-state index contributed by atoms with van der Waals surface area (Å²) in [5, 5.41) is 8.63. The second-order valence-electron chi connectivity index (χ2n) is 9.24. The fraction of sp³-hybridized carbons (Fsp3) is 0.280. The predicted octanol–water partition coefficient (Wildman–Crippen LogP) is 4.00. The number of benzene rings is 1. The standard InChI is InChI=1S/C25H25F3N6O2/c1-24(2,3)19-15-33-13-16(9-10-20(33)31-19)22(35)29-11-12-30-23(36)18-14-34(17-7-5-4-6-8-17)32-21(18)25(26,27)28/h4-10,13-15H,11-12H2,1-3H3,(H,29,35)(H,30,36). The zero-order valence-electron chi connectivity index (χ0n) is 19.9. The van der Waals surface area contributed by atoms with Crippen molar-refractivity contribution in [3.63, 3.8) is 0 Å². The first-order valence-corrected chi connectivity index (χ1v) is 11.2. The fourth-order valence-corrected chi connectivity index (χ4v) is 3.50. The molecule has 2 N–H and O–H groups in total. The summed E-state index contributed by atoms with van der Waals surface area (Å²) in [6.45, 7) is 6.08. The maximum Gasteiger partial charge on any atom is 0.435 e. The largest absolute Gasteiger partial charge is 0.435 e. The molecular formula is C25H25F3N6O2. The molecule has 0 aliphatic heterocycles. The SMILES string of the molecule is CC(C)(C)c1cn2cc(C(=O)NCCNC(=O)c3cn(-c4ccccc4)nc3C(F)(F)F)ccc2n1. The number of carbonyl (C=O) groups excluding carboxylic acids is 2. The Hall–Kier alpha value is -4.15. The molecule has 0 spiro atoms. The van der Waals surface area contributed by atoms with Crippen molar-refractivity contribution in [1.82, 2.24) is 29.8 Å². The van der Waals surface area contributed by atoms with E-state index in [1.54, 1.807) is 53.1 Å². The molecule has 188 valence electrons. The molecule has 0 saturated carbocycles. The summed E-state index contributed by atoms with van der Waals surface area (Å²) < 4.78 is 43.2. The number of fused-ring (bicyclic) bond motifs is 1. The van der Waals surface area contributed by atoms with Crippen LogP contribution in [0, 0.1) is 0 Å². The molecule has 36 heavy (non-hydrogen) atoms. The van der Waals surface area contributed by atoms with E-state index in [2.05, 4.69) is 20.7 Å². The number of nitrogens with zero attached hydrogens (tertiary/aromatic N) is 4. The normalized spacial score (nSPS) is 12.1. The number of imidazole rings is 1. The average molecular weight is 499 g/mol. The maximum atomic E-state index is 13.5. The van der Waals surface area contributed by atoms with Gasteiger partial charge in [-0.15, -0.1) is 0 Å². The van der Waals surface area contributed by atoms with E-state index in [9.17, 15) is 22.8 Å². The summed E-state index contributed by atoms with van der Waals surface area (Å²) in [5.41, 5.74) is 0.343. The Balaban J connectivity index is 1.38. The number of halogens is 3. The van der Waals surface area contributed by atoms with Crippen LogP contribution in [0.5, 0.6) is 0 Å². The third-order valence-electron chi connectivity index (χ3n) is 5.43. The molecule has 0 saturated heterocycles. The van der Waals surface area contributed by atoms with E-state index in [0.29, 0.717) is 16.9 Å². The van der Waals surface area contributed by atoms with Gasteiger partial charge in [0.2, 0.25) is 0 Å². The highest BCUT2D eigenvalue weighted by Crippen LogP contribution is 2.31. The van der Waals surface area contributed by atoms with Gasteiger partial charge in [-0.3, -0.25) is 9.59 Å². The minimum atomic E-state index is -4.81. The van der Waals surface area contributed by atoms with Crippen molar-refractivity contribution in [2.45, 2.75) is 32.4 Å². The number of nitrogens with one attached hydrogen (secondary N) is 2. The van der Waals surface area contributed by atoms with Gasteiger partial charge in [-0.1, -0.05) is 39.0 Å². The Bertz CT molecular complexity index is 1400. The van der Waals surface area contributed by atoms with Crippen LogP contribution in [-0.2, 0) is 11.6 Å². The van der Waals surface area contributed by atoms with Gasteiger partial charge in [0.15, 0.2) is 5.69 Å². The topological polar surface area (TPSA) is 93.3 Å². The lowest BCUT2D eigenvalue weighted by Crippen LogP contribution is -2.35. The molecule has 4 rings (SSSR count). The Kier molecular flexibility index (Phi) is 6.57. The van der Waals surface area contributed by atoms with Crippen molar-refractivity contribution in [2.75, 3.05) is 13.1 Å². The summed E-state index contributed by atoms with van der Waals surface area (Å²) >= 11 is 0. The van der Waals surface area contributed by atoms with Crippen LogP contribution in [0.1, 0.15) is 52.9 Å². The highest BCUT2D eigenvalue weighted by molar-refractivity contribution is 5.96. The minimum absolute atomic E-state index is 0.0218. The van der Waals surface area contributed by atoms with Crippen molar-refractivity contribution in [3.8, 4) is 5.69 Å². The zero-order chi connectivity index (χ0) is 26.1. The van der Waals surface area contributed by atoms with Gasteiger partial charge in [-0.05, 0) is 24.3 Å². The highest BCUT2D eigenvalue weighted by atomic mass is 19.4. The zero-order valence-corrected chi connectivity index (χ0v) is 19.9. The number of hydrogen-bond donors (Lipinski definition) is 2. The van der Waals surface area contributed by atoms with Gasteiger partial charge in [0.1, 0.15) is 5.65 Å². The molecule has 2 amide bonds. The predicted molar refractivity (Wildman–Crippen MR) is 127 cm³/mol. The summed E-state index contributed by atoms with van der Waals surface area (Å²) in [7, 11) is 0. The molecule has 4 aromatic rings. The number of pyridine rings is 1. The molecular weight excluding hydrogens is 473 g/mol. The molecule has 0 aliphatic carbocycles. The van der Waals surface area contributed by atoms with E-state index in [1.165, 1.54) is 0 Å². The van der Waals surface area contributed by atoms with Gasteiger partial charge in [0, 0.05) is 37.1 Å². The molecule has 0 atom stereocenters. The molecule has 0 aliphatic rings. The Morgan fingerprint density at radius 1 is 0.889 bits per heavy atom. The van der Waals surface area contributed by atoms with E-state index < -0.39 is 23.3 Å². The lowest BCUT2D eigenvalue weighted by Gasteiger charge is -2.13. The van der Waals surface area contributed by atoms with Crippen molar-refractivity contribution in [1.29, 1.82) is 0 Å². The first kappa shape index (κ1) is 25.0. The van der Waals surface area contributed by atoms with E-state index in [1.807, 2.05) is 27.0 Å². The molecule has 1 aromatic carbocycles. The van der Waals surface area contributed by atoms with Crippen molar-refractivity contribution >= 4 is 17.5 Å². The molecule has 0 unspecified atom stereocenters. The van der Waals surface area contributed by atoms with Gasteiger partial charge in [0.05, 0.1) is 22.5 Å². The van der Waals surface area contributed by atoms with Crippen LogP contribution in [0.25, 0.3) is 11.3 Å². The van der Waals surface area contributed by atoms with Crippen molar-refractivity contribution in [2.24, 2.45) is 0 Å². The summed E-state index contributed by atoms with van der Waals surface area (Å²) in [6, 6.07) is 11.5. The van der Waals surface area contributed by atoms with Crippen LogP contribution < -0.4 is 10.6 Å². The van der Waals surface area contributed by atoms with Gasteiger partial charge in [0.25, 0.3) is 11.8 Å². The quantitative estimate of drug-likeness (QED) is 0.393. The first-order chi connectivity index (χ1) is 16.9. The van der Waals surface area contributed by atoms with Crippen LogP contribution in [0.15, 0.2) is 61.1 Å². The van der Waals surface area contributed by atoms with Crippen molar-refractivity contribution in [3.05, 3.63) is 83.6 Å². The first-order valence-electron chi connectivity index (χ1n) is 11.2. The number of carbonyl (C=O) groups is 2. The maximum absolute atomic E-state index is 13.5. The molecule has 3 aromatic heterocycles. The molecule has 8 nitrogen and oxygen atoms in total. The summed E-state index contributed by atoms with van der Waals surface area (Å²) in [4.78, 5) is 29.6. The van der Waals surface area contributed by atoms with Crippen molar-refractivity contribution < 1.29 is 22.8 Å². The molecule has 3 heterocycles. The van der Waals surface area contributed by atoms with Crippen LogP contribution in [0.2, 0.25) is 0 Å². The van der Waals surface area contributed by atoms with E-state index >= 15 is 0 Å². The van der Waals surface area contributed by atoms with E-state index in [-0.39, 0.29) is 24.4 Å². The monoisotopic (exact) mass is 498 g/mol. The minimum Gasteiger partial charge on any atom is -0.350 e. The Morgan fingerprint density at radius 3 is 2.19 bits per heavy atom. The number of hydrogen-bond acceptors (Lipinski definition) is 4. The van der Waals surface area contributed by atoms with Crippen LogP contribution in [0.4, 0.5) is 13.2 Å². The number of para-hydroxylation sites is 1. The number of alkyl halides is 3. The second kappa shape index (κ2) is 9.48. The molecule has 0 bridgehead atoms. The Labute approximate surface area is 205 Å². The smallest absolute Gasteiger partial charge is 0.350 e.